The van der Waals surface area contributed by atoms with Gasteiger partial charge in [-0.15, -0.1) is 0 Å². The van der Waals surface area contributed by atoms with Crippen molar-refractivity contribution in [2.24, 2.45) is 0 Å². The zero-order valence-corrected chi connectivity index (χ0v) is 26.0. The highest BCUT2D eigenvalue weighted by Crippen LogP contribution is 2.36. The van der Waals surface area contributed by atoms with Gasteiger partial charge in [0.2, 0.25) is 5.88 Å². The standard InChI is InChI=1S/C30H33N7O3.C2HF3O2/c1-30(2,38)19-40-25-10-26(29-22(11-31)14-34-36(29)18-25)21-5-8-27(32-13-21)37-23-6-7-24(37)17-35(16-23)15-20-4-9-28(39-3)33-12-20;3-2(4,5)1(6)7/h4-5,8-10,12-14,18,23-24,38H,6-7,15-17,19H2,1-3H3;(H,6,7). The molecule has 0 spiro atoms. The molecule has 248 valence electrons. The normalized spacial score (nSPS) is 18.0. The fraction of sp³-hybridized carbons (Fsp3) is 0.406. The Labute approximate surface area is 268 Å². The Morgan fingerprint density at radius 2 is 1.79 bits per heavy atom. The van der Waals surface area contributed by atoms with Crippen molar-refractivity contribution < 1.29 is 37.7 Å². The molecule has 2 atom stereocenters. The van der Waals surface area contributed by atoms with Gasteiger partial charge >= 0.3 is 12.1 Å². The number of halogens is 3. The summed E-state index contributed by atoms with van der Waals surface area (Å²) in [5.74, 6) is -0.592. The van der Waals surface area contributed by atoms with E-state index in [2.05, 4.69) is 44.2 Å². The highest BCUT2D eigenvalue weighted by atomic mass is 19.4. The topological polar surface area (TPSA) is 149 Å². The number of piperazine rings is 1. The third-order valence-corrected chi connectivity index (χ3v) is 7.84. The van der Waals surface area contributed by atoms with Crippen LogP contribution in [0.3, 0.4) is 0 Å². The van der Waals surface area contributed by atoms with E-state index >= 15 is 0 Å². The Hall–Kier alpha value is -4.94. The molecule has 0 amide bonds. The monoisotopic (exact) mass is 653 g/mol. The van der Waals surface area contributed by atoms with Crippen molar-refractivity contribution in [1.29, 1.82) is 5.26 Å². The van der Waals surface area contributed by atoms with E-state index in [1.807, 2.05) is 24.5 Å². The second-order valence-corrected chi connectivity index (χ2v) is 12.1. The number of nitrogens with zero attached hydrogens (tertiary/aromatic N) is 7. The van der Waals surface area contributed by atoms with Crippen LogP contribution < -0.4 is 14.4 Å². The van der Waals surface area contributed by atoms with Crippen LogP contribution in [-0.2, 0) is 11.3 Å². The molecular weight excluding hydrogens is 619 g/mol. The maximum atomic E-state index is 10.6. The van der Waals surface area contributed by atoms with Gasteiger partial charge in [0.1, 0.15) is 24.2 Å². The van der Waals surface area contributed by atoms with Crippen LogP contribution in [0.4, 0.5) is 19.0 Å². The molecular formula is C32H34F3N7O5. The van der Waals surface area contributed by atoms with E-state index in [-0.39, 0.29) is 6.61 Å². The van der Waals surface area contributed by atoms with Gasteiger partial charge in [0.05, 0.1) is 36.2 Å². The fourth-order valence-electron chi connectivity index (χ4n) is 5.81. The molecule has 4 aromatic rings. The van der Waals surface area contributed by atoms with Crippen molar-refractivity contribution in [1.82, 2.24) is 24.5 Å². The molecule has 2 saturated heterocycles. The number of aliphatic carboxylic acids is 1. The molecule has 2 bridgehead atoms. The molecule has 0 aromatic carbocycles. The van der Waals surface area contributed by atoms with Gasteiger partial charge in [-0.05, 0) is 50.5 Å². The number of likely N-dealkylation sites (tertiary alicyclic amines) is 1. The summed E-state index contributed by atoms with van der Waals surface area (Å²) < 4.78 is 44.4. The van der Waals surface area contributed by atoms with Crippen molar-refractivity contribution in [3.63, 3.8) is 0 Å². The van der Waals surface area contributed by atoms with Gasteiger partial charge < -0.3 is 24.6 Å². The lowest BCUT2D eigenvalue weighted by atomic mass is 10.0. The minimum absolute atomic E-state index is 0.130. The Balaban J connectivity index is 0.000000559. The number of ether oxygens (including phenoxy) is 2. The molecule has 15 heteroatoms. The second-order valence-electron chi connectivity index (χ2n) is 12.1. The van der Waals surface area contributed by atoms with Gasteiger partial charge in [-0.25, -0.2) is 19.3 Å². The highest BCUT2D eigenvalue weighted by Gasteiger charge is 2.40. The van der Waals surface area contributed by atoms with Crippen molar-refractivity contribution in [3.8, 4) is 28.8 Å². The number of alkyl halides is 3. The van der Waals surface area contributed by atoms with Gasteiger partial charge in [-0.1, -0.05) is 6.07 Å². The van der Waals surface area contributed by atoms with Crippen LogP contribution in [0.2, 0.25) is 0 Å². The Bertz CT molecular complexity index is 1730. The summed E-state index contributed by atoms with van der Waals surface area (Å²) in [7, 11) is 1.63. The summed E-state index contributed by atoms with van der Waals surface area (Å²) in [6.07, 6.45) is 4.26. The maximum Gasteiger partial charge on any atom is 0.490 e. The van der Waals surface area contributed by atoms with E-state index in [9.17, 15) is 23.5 Å². The summed E-state index contributed by atoms with van der Waals surface area (Å²) in [5.41, 5.74) is 3.08. The number of anilines is 1. The average Bonchev–Trinajstić information content (AvgIpc) is 3.57. The molecule has 6 rings (SSSR count). The lowest BCUT2D eigenvalue weighted by molar-refractivity contribution is -0.192. The van der Waals surface area contributed by atoms with Gasteiger partial charge in [-0.3, -0.25) is 4.90 Å². The minimum atomic E-state index is -5.08. The summed E-state index contributed by atoms with van der Waals surface area (Å²) in [4.78, 5) is 23.1. The largest absolute Gasteiger partial charge is 0.490 e. The van der Waals surface area contributed by atoms with Crippen LogP contribution >= 0.6 is 0 Å². The molecule has 2 fully saturated rings. The van der Waals surface area contributed by atoms with Gasteiger partial charge in [0, 0.05) is 61.3 Å². The van der Waals surface area contributed by atoms with Gasteiger partial charge in [0.25, 0.3) is 0 Å². The highest BCUT2D eigenvalue weighted by molar-refractivity contribution is 5.85. The van der Waals surface area contributed by atoms with E-state index in [4.69, 9.17) is 24.4 Å². The fourth-order valence-corrected chi connectivity index (χ4v) is 5.81. The molecule has 2 aliphatic heterocycles. The summed E-state index contributed by atoms with van der Waals surface area (Å²) in [5, 5.41) is 31.3. The van der Waals surface area contributed by atoms with E-state index < -0.39 is 17.7 Å². The van der Waals surface area contributed by atoms with Crippen molar-refractivity contribution in [3.05, 3.63) is 66.2 Å². The lowest BCUT2D eigenvalue weighted by Gasteiger charge is -2.41. The Morgan fingerprint density at radius 1 is 1.09 bits per heavy atom. The third-order valence-electron chi connectivity index (χ3n) is 7.84. The average molecular weight is 654 g/mol. The van der Waals surface area contributed by atoms with Crippen LogP contribution in [-0.4, -0.2) is 91.3 Å². The first-order valence-corrected chi connectivity index (χ1v) is 14.8. The smallest absolute Gasteiger partial charge is 0.489 e. The van der Waals surface area contributed by atoms with Crippen molar-refractivity contribution >= 4 is 17.3 Å². The van der Waals surface area contributed by atoms with E-state index in [0.717, 1.165) is 49.4 Å². The summed E-state index contributed by atoms with van der Waals surface area (Å²) in [6.45, 7) is 6.35. The van der Waals surface area contributed by atoms with Crippen LogP contribution in [0.25, 0.3) is 16.6 Å². The first-order chi connectivity index (χ1) is 22.3. The molecule has 0 aliphatic carbocycles. The molecule has 2 N–H and O–H groups in total. The predicted octanol–water partition coefficient (Wildman–Crippen LogP) is 4.31. The zero-order chi connectivity index (χ0) is 33.9. The van der Waals surface area contributed by atoms with E-state index in [1.165, 1.54) is 5.56 Å². The summed E-state index contributed by atoms with van der Waals surface area (Å²) in [6, 6.07) is 13.1. The first-order valence-electron chi connectivity index (χ1n) is 14.8. The van der Waals surface area contributed by atoms with E-state index in [0.29, 0.717) is 34.8 Å². The predicted molar refractivity (Wildman–Crippen MR) is 164 cm³/mol. The molecule has 12 nitrogen and oxygen atoms in total. The molecule has 4 aromatic heterocycles. The number of methoxy groups -OCH3 is 1. The second kappa shape index (κ2) is 13.4. The van der Waals surface area contributed by atoms with Crippen LogP contribution in [0, 0.1) is 11.3 Å². The van der Waals surface area contributed by atoms with Gasteiger partial charge in [0.15, 0.2) is 0 Å². The van der Waals surface area contributed by atoms with Gasteiger partial charge in [-0.2, -0.15) is 23.5 Å². The third kappa shape index (κ3) is 7.90. The SMILES string of the molecule is COc1ccc(CN2CC3CCC(C2)N3c2ccc(-c3cc(OCC(C)(C)O)cn4ncc(C#N)c34)cn2)cn1.O=C(O)C(F)(F)F. The number of hydrogen-bond donors (Lipinski definition) is 2. The Morgan fingerprint density at radius 3 is 2.32 bits per heavy atom. The number of nitriles is 1. The lowest BCUT2D eigenvalue weighted by Crippen LogP contribution is -2.53. The van der Waals surface area contributed by atoms with Crippen LogP contribution in [0.5, 0.6) is 11.6 Å². The number of fused-ring (bicyclic) bond motifs is 3. The molecule has 2 unspecified atom stereocenters. The van der Waals surface area contributed by atoms with Crippen molar-refractivity contribution in [2.75, 3.05) is 31.7 Å². The number of pyridine rings is 3. The van der Waals surface area contributed by atoms with E-state index in [1.54, 1.807) is 37.9 Å². The number of aliphatic hydroxyl groups is 1. The number of aromatic nitrogens is 4. The van der Waals surface area contributed by atoms with Crippen molar-refractivity contribution in [2.45, 2.75) is 57.1 Å². The van der Waals surface area contributed by atoms with Crippen LogP contribution in [0.15, 0.2) is 55.1 Å². The Kier molecular flexibility index (Phi) is 9.55. The quantitative estimate of drug-likeness (QED) is 0.280. The molecule has 47 heavy (non-hydrogen) atoms. The van der Waals surface area contributed by atoms with Crippen LogP contribution in [0.1, 0.15) is 37.8 Å². The molecule has 0 saturated carbocycles. The minimum Gasteiger partial charge on any atom is -0.489 e. The number of hydrogen-bond acceptors (Lipinski definition) is 10. The molecule has 0 radical (unpaired) electrons. The number of carboxylic acid groups (broad SMARTS) is 1. The number of carbonyl (C=O) groups is 1. The molecule has 2 aliphatic rings. The zero-order valence-electron chi connectivity index (χ0n) is 26.0. The maximum absolute atomic E-state index is 10.6. The molecule has 6 heterocycles. The summed E-state index contributed by atoms with van der Waals surface area (Å²) >= 11 is 0. The number of carboxylic acids is 1. The number of rotatable bonds is 8. The first kappa shape index (κ1) is 33.4.